The molecule has 0 fully saturated rings. The van der Waals surface area contributed by atoms with Crippen LogP contribution < -0.4 is 37.6 Å². The molecule has 0 saturated carbocycles. The van der Waals surface area contributed by atoms with Gasteiger partial charge in [-0.3, -0.25) is 38.4 Å². The number of carboxylic acids is 1. The van der Waals surface area contributed by atoms with Gasteiger partial charge in [-0.2, -0.15) is 0 Å². The van der Waals surface area contributed by atoms with Crippen LogP contribution in [-0.4, -0.2) is 121 Å². The van der Waals surface area contributed by atoms with Gasteiger partial charge >= 0.3 is 5.97 Å². The van der Waals surface area contributed by atoms with E-state index in [1.807, 2.05) is 5.32 Å². The maximum atomic E-state index is 14.8. The van der Waals surface area contributed by atoms with Crippen molar-refractivity contribution in [2.24, 2.45) is 11.7 Å². The van der Waals surface area contributed by atoms with Crippen molar-refractivity contribution in [3.05, 3.63) is 172 Å². The molecule has 0 radical (unpaired) electrons. The molecule has 10 rings (SSSR count). The lowest BCUT2D eigenvalue weighted by Crippen LogP contribution is -2.50. The smallest absolute Gasteiger partial charge is 0.351 e. The first-order valence-corrected chi connectivity index (χ1v) is 32.4. The molecule has 8 heterocycles. The minimum Gasteiger partial charge on any atom is -0.508 e. The summed E-state index contributed by atoms with van der Waals surface area (Å²) in [7, 11) is 0. The number of aromatic hydroxyl groups is 1. The highest BCUT2D eigenvalue weighted by Gasteiger charge is 2.36. The summed E-state index contributed by atoms with van der Waals surface area (Å²) in [6.45, 7) is 8.94. The highest BCUT2D eigenvalue weighted by Crippen LogP contribution is 2.40. The third-order valence-corrected chi connectivity index (χ3v) is 19.4. The number of ketones is 1. The number of hydrogen-bond acceptors (Lipinski definition) is 25. The first-order valence-electron chi connectivity index (χ1n) is 27.2. The van der Waals surface area contributed by atoms with Crippen molar-refractivity contribution in [1.82, 2.24) is 66.8 Å². The number of aromatic nitrogens is 7. The number of aryl methyl sites for hydroxylation is 1. The second-order valence-electron chi connectivity index (χ2n) is 20.3. The second-order valence-corrected chi connectivity index (χ2v) is 25.9. The average Bonchev–Trinajstić information content (AvgIpc) is 1.61. The number of nitrogens with two attached hydrogens (primary N) is 1. The lowest BCUT2D eigenvalue weighted by atomic mass is 9.96. The number of carboxylic acid groups (broad SMARTS) is 1. The minimum atomic E-state index is -1.50. The Labute approximate surface area is 544 Å². The number of phenols is 1. The van der Waals surface area contributed by atoms with Gasteiger partial charge in [0.25, 0.3) is 29.5 Å². The molecule has 0 spiro atoms. The van der Waals surface area contributed by atoms with E-state index in [-0.39, 0.29) is 77.1 Å². The SMILES string of the molecule is C=C(NC(=O)C(=C)NC(=O)c1csc(-c2ccc3c(n2)-c2csc(n2)-c2csc(n2)C(C(C)C(=O)CO)NC(=O)C(Cc2ccc(O)cc2)NC(=O)c2csc(n2)C(C(O)c2ccccc2)NC(=O)c2nc(sc2C)C(CC(N)=O)NC(=O)c2csc-3n2)n1)C(=O)O. The second kappa shape index (κ2) is 28.0. The molecule has 7 aromatic heterocycles. The zero-order chi connectivity index (χ0) is 65.7. The number of rotatable bonds is 15. The van der Waals surface area contributed by atoms with Gasteiger partial charge in [0.1, 0.15) is 106 Å². The molecule has 33 heteroatoms. The van der Waals surface area contributed by atoms with Crippen molar-refractivity contribution in [3.8, 4) is 49.1 Å². The Hall–Kier alpha value is -10.00. The molecule has 9 aromatic rings. The van der Waals surface area contributed by atoms with Crippen LogP contribution in [-0.2, 0) is 30.4 Å². The van der Waals surface area contributed by atoms with E-state index < -0.39 is 114 Å². The molecule has 6 unspecified atom stereocenters. The molecular formula is C59H50N14O13S6. The fourth-order valence-corrected chi connectivity index (χ4v) is 14.3. The zero-order valence-corrected chi connectivity index (χ0v) is 52.8. The van der Waals surface area contributed by atoms with Crippen molar-refractivity contribution in [1.29, 1.82) is 0 Å². The number of pyridine rings is 1. The molecule has 92 heavy (non-hydrogen) atoms. The lowest BCUT2D eigenvalue weighted by Gasteiger charge is -2.25. The number of hydrogen-bond donors (Lipinski definition) is 11. The quantitative estimate of drug-likeness (QED) is 0.0546. The molecule has 1 aliphatic rings. The van der Waals surface area contributed by atoms with Gasteiger partial charge in [0.05, 0.1) is 29.9 Å². The molecule has 27 nitrogen and oxygen atoms in total. The summed E-state index contributed by atoms with van der Waals surface area (Å²) in [5.74, 6) is -9.21. The third-order valence-electron chi connectivity index (χ3n) is 13.9. The monoisotopic (exact) mass is 1350 g/mol. The van der Waals surface area contributed by atoms with Crippen LogP contribution in [0, 0.1) is 12.8 Å². The van der Waals surface area contributed by atoms with Crippen molar-refractivity contribution in [2.45, 2.75) is 57.0 Å². The number of carbonyl (C=O) groups is 9. The Balaban J connectivity index is 1.06. The molecular weight excluding hydrogens is 1310 g/mol. The number of amides is 7. The zero-order valence-electron chi connectivity index (χ0n) is 47.9. The van der Waals surface area contributed by atoms with Crippen LogP contribution in [0.4, 0.5) is 0 Å². The number of aliphatic hydroxyl groups is 2. The Morgan fingerprint density at radius 3 is 1.96 bits per heavy atom. The lowest BCUT2D eigenvalue weighted by molar-refractivity contribution is -0.134. The molecule has 2 aromatic carbocycles. The van der Waals surface area contributed by atoms with Gasteiger partial charge in [-0.05, 0) is 42.3 Å². The van der Waals surface area contributed by atoms with E-state index in [2.05, 4.69) is 59.7 Å². The molecule has 470 valence electrons. The van der Waals surface area contributed by atoms with Crippen molar-refractivity contribution >= 4 is 121 Å². The summed E-state index contributed by atoms with van der Waals surface area (Å²) < 4.78 is 0. The molecule has 0 saturated heterocycles. The van der Waals surface area contributed by atoms with E-state index in [4.69, 9.17) is 25.8 Å². The summed E-state index contributed by atoms with van der Waals surface area (Å²) in [5, 5.41) is 65.6. The van der Waals surface area contributed by atoms with E-state index in [1.165, 1.54) is 35.2 Å². The highest BCUT2D eigenvalue weighted by atomic mass is 32.1. The van der Waals surface area contributed by atoms with Crippen LogP contribution >= 0.6 is 68.0 Å². The maximum absolute atomic E-state index is 14.8. The molecule has 7 amide bonds. The molecule has 1 aliphatic heterocycles. The van der Waals surface area contributed by atoms with Crippen molar-refractivity contribution in [3.63, 3.8) is 0 Å². The van der Waals surface area contributed by atoms with Gasteiger partial charge in [0.15, 0.2) is 5.78 Å². The van der Waals surface area contributed by atoms with E-state index >= 15 is 0 Å². The Morgan fingerprint density at radius 2 is 1.25 bits per heavy atom. The minimum absolute atomic E-state index is 0.0620. The van der Waals surface area contributed by atoms with Gasteiger partial charge in [-0.25, -0.2) is 39.7 Å². The number of benzene rings is 2. The Kier molecular flexibility index (Phi) is 19.8. The van der Waals surface area contributed by atoms with Gasteiger partial charge in [-0.15, -0.1) is 68.0 Å². The largest absolute Gasteiger partial charge is 0.508 e. The fraction of sp³-hybridized carbons (Fsp3) is 0.186. The predicted octanol–water partition coefficient (Wildman–Crippen LogP) is 5.72. The van der Waals surface area contributed by atoms with Gasteiger partial charge < -0.3 is 58.1 Å². The Bertz CT molecular complexity index is 4400. The first kappa shape index (κ1) is 65.0. The number of fused-ring (bicyclic) bond motifs is 14. The van der Waals surface area contributed by atoms with E-state index in [0.717, 1.165) is 68.0 Å². The van der Waals surface area contributed by atoms with Crippen LogP contribution in [0.5, 0.6) is 5.75 Å². The fourth-order valence-electron chi connectivity index (χ4n) is 9.06. The number of aliphatic hydroxyl groups excluding tert-OH is 2. The summed E-state index contributed by atoms with van der Waals surface area (Å²) in [4.78, 5) is 154. The summed E-state index contributed by atoms with van der Waals surface area (Å²) in [6, 6.07) is 12.4. The maximum Gasteiger partial charge on any atom is 0.351 e. The highest BCUT2D eigenvalue weighted by molar-refractivity contribution is 7.15. The van der Waals surface area contributed by atoms with E-state index in [9.17, 15) is 58.5 Å². The van der Waals surface area contributed by atoms with Gasteiger partial charge in [0.2, 0.25) is 11.8 Å². The first-order chi connectivity index (χ1) is 44.0. The van der Waals surface area contributed by atoms with E-state index in [1.54, 1.807) is 72.3 Å². The van der Waals surface area contributed by atoms with Crippen LogP contribution in [0.1, 0.15) is 111 Å². The number of carbonyl (C=O) groups excluding carboxylic acids is 8. The van der Waals surface area contributed by atoms with Gasteiger partial charge in [0, 0.05) is 49.7 Å². The van der Waals surface area contributed by atoms with Crippen LogP contribution in [0.2, 0.25) is 0 Å². The standard InChI is InChI=1S/C59H50N14O13S6/c1-24(40(76)18-74)42-57-70-39(23-91-57)55-66-35(19-88-55)44-31(14-15-32(63-44)54-68-36(21-89-54)49(81)61-25(2)47(79)62-26(3)59(85)86)53-67-37(20-87-53)51(83)65-34(17-41(60)77)56-73-43(27(4)92-56)52(84)72-45(46(78)29-8-6-5-7-9-29)58-69-38(22-90-58)50(82)64-33(48(80)71-42)16-28-10-12-30(75)13-11-28/h5-15,19-24,33-34,42,45-46,74-75,78H,2-3,16-18H2,1,4H3,(H2,60,77)(H,61,81)(H,62,79)(H,64,82)(H,65,83)(H,71,80)(H,72,84)(H,85,86). The normalized spacial score (nSPS) is 16.7. The predicted molar refractivity (Wildman–Crippen MR) is 340 cm³/mol. The van der Waals surface area contributed by atoms with Crippen LogP contribution in [0.25, 0.3) is 43.4 Å². The van der Waals surface area contributed by atoms with Crippen molar-refractivity contribution < 1.29 is 63.6 Å². The van der Waals surface area contributed by atoms with Crippen molar-refractivity contribution in [2.75, 3.05) is 6.61 Å². The Morgan fingerprint density at radius 1 is 0.630 bits per heavy atom. The molecule has 0 aliphatic carbocycles. The van der Waals surface area contributed by atoms with Crippen LogP contribution in [0.3, 0.4) is 0 Å². The average molecular weight is 1360 g/mol. The van der Waals surface area contributed by atoms with E-state index in [0.29, 0.717) is 32.3 Å². The molecule has 12 N–H and O–H groups in total. The summed E-state index contributed by atoms with van der Waals surface area (Å²) >= 11 is 6.21. The number of primary amides is 1. The topological polar surface area (TPSA) is 423 Å². The number of thiazole rings is 6. The van der Waals surface area contributed by atoms with Gasteiger partial charge in [-0.1, -0.05) is 62.5 Å². The molecule has 10 bridgehead atoms. The number of aliphatic carboxylic acids is 1. The number of phenolic OH excluding ortho intramolecular Hbond substituents is 1. The molecule has 6 atom stereocenters. The summed E-state index contributed by atoms with van der Waals surface area (Å²) in [6.07, 6.45) is -2.07. The number of Topliss-reactive ketones (excluding diaryl/α,β-unsaturated/α-hetero) is 1. The van der Waals surface area contributed by atoms with Crippen LogP contribution in [0.15, 0.2) is 118 Å². The number of nitrogens with zero attached hydrogens (tertiary/aromatic N) is 7. The number of nitrogens with one attached hydrogen (secondary N) is 6. The summed E-state index contributed by atoms with van der Waals surface area (Å²) in [5.41, 5.74) is 6.19. The third kappa shape index (κ3) is 14.7.